The fourth-order valence-electron chi connectivity index (χ4n) is 3.76. The lowest BCUT2D eigenvalue weighted by molar-refractivity contribution is -0.158. The van der Waals surface area contributed by atoms with E-state index in [0.717, 1.165) is 16.7 Å². The van der Waals surface area contributed by atoms with E-state index in [2.05, 4.69) is 5.32 Å². The average molecular weight is 370 g/mol. The Balaban J connectivity index is 1.80. The molecule has 2 atom stereocenters. The molecule has 1 heterocycles. The van der Waals surface area contributed by atoms with Crippen LogP contribution in [0.3, 0.4) is 0 Å². The van der Waals surface area contributed by atoms with Crippen LogP contribution < -0.4 is 5.32 Å². The first-order valence-electron chi connectivity index (χ1n) is 9.37. The predicted octanol–water partition coefficient (Wildman–Crippen LogP) is 3.80. The number of carbonyl (C=O) groups excluding carboxylic acids is 2. The van der Waals surface area contributed by atoms with Crippen molar-refractivity contribution < 1.29 is 9.59 Å². The second-order valence-corrected chi connectivity index (χ2v) is 7.17. The van der Waals surface area contributed by atoms with Crippen molar-refractivity contribution in [3.63, 3.8) is 0 Å². The van der Waals surface area contributed by atoms with E-state index in [1.165, 1.54) is 0 Å². The van der Waals surface area contributed by atoms with Gasteiger partial charge in [0.05, 0.1) is 0 Å². The van der Waals surface area contributed by atoms with Gasteiger partial charge < -0.3 is 10.2 Å². The van der Waals surface area contributed by atoms with Crippen molar-refractivity contribution >= 4 is 11.8 Å². The van der Waals surface area contributed by atoms with E-state index in [1.807, 2.05) is 97.9 Å². The van der Waals surface area contributed by atoms with Gasteiger partial charge in [-0.1, -0.05) is 91.0 Å². The molecule has 28 heavy (non-hydrogen) atoms. The third kappa shape index (κ3) is 3.07. The first-order chi connectivity index (χ1) is 13.6. The summed E-state index contributed by atoms with van der Waals surface area (Å²) in [6, 6.07) is 28.0. The molecule has 1 fully saturated rings. The lowest BCUT2D eigenvalue weighted by atomic mass is 9.84. The van der Waals surface area contributed by atoms with Crippen LogP contribution in [-0.4, -0.2) is 16.7 Å². The summed E-state index contributed by atoms with van der Waals surface area (Å²) in [6.45, 7) is 2.18. The Morgan fingerprint density at radius 3 is 1.96 bits per heavy atom. The van der Waals surface area contributed by atoms with Gasteiger partial charge in [0.1, 0.15) is 11.6 Å². The van der Waals surface area contributed by atoms with Crippen LogP contribution in [0.5, 0.6) is 0 Å². The highest BCUT2D eigenvalue weighted by Gasteiger charge is 2.50. The molecule has 3 aromatic carbocycles. The number of carbonyl (C=O) groups is 2. The SMILES string of the molecule is CC1(c2ccccc2)C(=O)NC(c2ccccc2)C(=O)N1Cc1ccccc1. The van der Waals surface area contributed by atoms with Crippen molar-refractivity contribution in [1.82, 2.24) is 10.2 Å². The number of rotatable bonds is 4. The number of benzene rings is 3. The fraction of sp³-hybridized carbons (Fsp3) is 0.167. The highest BCUT2D eigenvalue weighted by molar-refractivity contribution is 6.00. The largest absolute Gasteiger partial charge is 0.338 e. The third-order valence-corrected chi connectivity index (χ3v) is 5.42. The van der Waals surface area contributed by atoms with Gasteiger partial charge in [0.2, 0.25) is 0 Å². The topological polar surface area (TPSA) is 49.4 Å². The van der Waals surface area contributed by atoms with Gasteiger partial charge in [-0.3, -0.25) is 9.59 Å². The minimum absolute atomic E-state index is 0.110. The van der Waals surface area contributed by atoms with E-state index in [4.69, 9.17) is 0 Å². The summed E-state index contributed by atoms with van der Waals surface area (Å²) in [4.78, 5) is 28.6. The maximum Gasteiger partial charge on any atom is 0.251 e. The third-order valence-electron chi connectivity index (χ3n) is 5.42. The van der Waals surface area contributed by atoms with Crippen LogP contribution in [0.25, 0.3) is 0 Å². The Morgan fingerprint density at radius 2 is 1.36 bits per heavy atom. The van der Waals surface area contributed by atoms with Crippen LogP contribution in [0.1, 0.15) is 29.7 Å². The number of nitrogens with one attached hydrogen (secondary N) is 1. The Hall–Kier alpha value is -3.40. The Morgan fingerprint density at radius 1 is 0.821 bits per heavy atom. The number of hydrogen-bond donors (Lipinski definition) is 1. The van der Waals surface area contributed by atoms with Crippen LogP contribution in [0.15, 0.2) is 91.0 Å². The van der Waals surface area contributed by atoms with Crippen molar-refractivity contribution in [2.24, 2.45) is 0 Å². The highest BCUT2D eigenvalue weighted by atomic mass is 16.2. The summed E-state index contributed by atoms with van der Waals surface area (Å²) in [7, 11) is 0. The van der Waals surface area contributed by atoms with Gasteiger partial charge in [0, 0.05) is 6.54 Å². The molecule has 140 valence electrons. The van der Waals surface area contributed by atoms with Gasteiger partial charge in [-0.05, 0) is 23.6 Å². The second kappa shape index (κ2) is 7.31. The average Bonchev–Trinajstić information content (AvgIpc) is 2.76. The minimum atomic E-state index is -1.08. The highest BCUT2D eigenvalue weighted by Crippen LogP contribution is 2.37. The van der Waals surface area contributed by atoms with Crippen molar-refractivity contribution in [1.29, 1.82) is 0 Å². The monoisotopic (exact) mass is 370 g/mol. The van der Waals surface area contributed by atoms with Gasteiger partial charge in [-0.2, -0.15) is 0 Å². The maximum atomic E-state index is 13.6. The Kier molecular flexibility index (Phi) is 4.70. The number of hydrogen-bond acceptors (Lipinski definition) is 2. The lowest BCUT2D eigenvalue weighted by Gasteiger charge is -2.46. The molecule has 0 aromatic heterocycles. The van der Waals surface area contributed by atoms with E-state index in [0.29, 0.717) is 6.54 Å². The van der Waals surface area contributed by atoms with Crippen molar-refractivity contribution in [3.05, 3.63) is 108 Å². The van der Waals surface area contributed by atoms with Crippen LogP contribution in [0.4, 0.5) is 0 Å². The zero-order chi connectivity index (χ0) is 19.6. The van der Waals surface area contributed by atoms with Crippen LogP contribution >= 0.6 is 0 Å². The number of nitrogens with zero attached hydrogens (tertiary/aromatic N) is 1. The normalized spacial score (nSPS) is 22.0. The molecular formula is C24H22N2O2. The molecule has 0 saturated carbocycles. The molecule has 4 heteroatoms. The van der Waals surface area contributed by atoms with E-state index in [-0.39, 0.29) is 11.8 Å². The van der Waals surface area contributed by atoms with E-state index >= 15 is 0 Å². The smallest absolute Gasteiger partial charge is 0.251 e. The molecule has 2 unspecified atom stereocenters. The lowest BCUT2D eigenvalue weighted by Crippen LogP contribution is -2.64. The molecular weight excluding hydrogens is 348 g/mol. The van der Waals surface area contributed by atoms with Crippen LogP contribution in [-0.2, 0) is 21.7 Å². The summed E-state index contributed by atoms with van der Waals surface area (Å²) < 4.78 is 0. The van der Waals surface area contributed by atoms with Gasteiger partial charge in [-0.15, -0.1) is 0 Å². The predicted molar refractivity (Wildman–Crippen MR) is 108 cm³/mol. The van der Waals surface area contributed by atoms with E-state index in [9.17, 15) is 9.59 Å². The van der Waals surface area contributed by atoms with Crippen molar-refractivity contribution in [2.45, 2.75) is 25.0 Å². The maximum absolute atomic E-state index is 13.6. The molecule has 0 spiro atoms. The summed E-state index contributed by atoms with van der Waals surface area (Å²) in [6.07, 6.45) is 0. The standard InChI is InChI=1S/C24H22N2O2/c1-24(20-15-9-4-10-16-20)23(28)25-21(19-13-7-3-8-14-19)22(27)26(24)17-18-11-5-2-6-12-18/h2-16,21H,17H2,1H3,(H,25,28). The van der Waals surface area contributed by atoms with E-state index in [1.54, 1.807) is 4.90 Å². The first-order valence-corrected chi connectivity index (χ1v) is 9.37. The van der Waals surface area contributed by atoms with Gasteiger partial charge in [0.25, 0.3) is 11.8 Å². The van der Waals surface area contributed by atoms with Gasteiger partial charge in [0.15, 0.2) is 0 Å². The summed E-state index contributed by atoms with van der Waals surface area (Å²) in [5.74, 6) is -0.288. The zero-order valence-corrected chi connectivity index (χ0v) is 15.7. The fourth-order valence-corrected chi connectivity index (χ4v) is 3.76. The molecule has 0 radical (unpaired) electrons. The summed E-state index contributed by atoms with van der Waals surface area (Å²) in [5.41, 5.74) is 1.48. The molecule has 1 saturated heterocycles. The second-order valence-electron chi connectivity index (χ2n) is 7.17. The van der Waals surface area contributed by atoms with Crippen LogP contribution in [0.2, 0.25) is 0 Å². The molecule has 3 aromatic rings. The number of piperazine rings is 1. The molecule has 1 aliphatic rings. The Bertz CT molecular complexity index is 973. The van der Waals surface area contributed by atoms with Gasteiger partial charge >= 0.3 is 0 Å². The van der Waals surface area contributed by atoms with Crippen molar-refractivity contribution in [3.8, 4) is 0 Å². The minimum Gasteiger partial charge on any atom is -0.338 e. The molecule has 0 bridgehead atoms. The molecule has 1 N–H and O–H groups in total. The number of amides is 2. The zero-order valence-electron chi connectivity index (χ0n) is 15.7. The summed E-state index contributed by atoms with van der Waals surface area (Å²) in [5, 5.41) is 2.96. The molecule has 1 aliphatic heterocycles. The molecule has 4 nitrogen and oxygen atoms in total. The quantitative estimate of drug-likeness (QED) is 0.759. The Labute approximate surface area is 164 Å². The van der Waals surface area contributed by atoms with Gasteiger partial charge in [-0.25, -0.2) is 0 Å². The molecule has 0 aliphatic carbocycles. The van der Waals surface area contributed by atoms with E-state index < -0.39 is 11.6 Å². The summed E-state index contributed by atoms with van der Waals surface area (Å²) >= 11 is 0. The molecule has 2 amide bonds. The van der Waals surface area contributed by atoms with Crippen LogP contribution in [0, 0.1) is 0 Å². The first kappa shape index (κ1) is 18.0. The van der Waals surface area contributed by atoms with Crippen molar-refractivity contribution in [2.75, 3.05) is 0 Å². The molecule has 4 rings (SSSR count).